The van der Waals surface area contributed by atoms with Crippen LogP contribution in [-0.2, 0) is 10.2 Å². The van der Waals surface area contributed by atoms with Gasteiger partial charge in [0.05, 0.1) is 5.56 Å². The molecule has 0 bridgehead atoms. The van der Waals surface area contributed by atoms with Gasteiger partial charge in [-0.05, 0) is 29.8 Å². The van der Waals surface area contributed by atoms with Crippen molar-refractivity contribution in [2.24, 2.45) is 5.10 Å². The molecule has 6 nitrogen and oxygen atoms in total. The second-order valence-electron chi connectivity index (χ2n) is 6.96. The number of carbonyl (C=O) groups excluding carboxylic acids is 1. The van der Waals surface area contributed by atoms with Gasteiger partial charge >= 0.3 is 0 Å². The number of likely N-dealkylation sites (N-methyl/N-ethyl adjacent to an activating group) is 1. The first-order chi connectivity index (χ1) is 13.4. The number of hydrogen-bond acceptors (Lipinski definition) is 5. The average molecular weight is 374 g/mol. The Bertz CT molecular complexity index is 986. The Morgan fingerprint density at radius 2 is 1.96 bits per heavy atom. The number of hydrogen-bond donors (Lipinski definition) is 1. The maximum Gasteiger partial charge on any atom is 0.277 e. The molecule has 2 aromatic rings. The standard InChI is InChI=1S/C22H22N4O2/c1-22(2)17-9-5-6-10-18(17)26(3)20(22)12-13-24-25-21(27)15-28-19-11-7-4-8-16(19)14-23/h4-13H,15H2,1-3H3,(H,25,27)/b20-12-,24-13+. The molecule has 0 unspecified atom stereocenters. The number of nitrogens with one attached hydrogen (secondary N) is 1. The Labute approximate surface area is 164 Å². The van der Waals surface area contributed by atoms with Crippen LogP contribution in [0, 0.1) is 11.3 Å². The van der Waals surface area contributed by atoms with Gasteiger partial charge < -0.3 is 9.64 Å². The minimum Gasteiger partial charge on any atom is -0.482 e. The van der Waals surface area contributed by atoms with Gasteiger partial charge in [0, 0.05) is 30.1 Å². The summed E-state index contributed by atoms with van der Waals surface area (Å²) in [7, 11) is 2.02. The zero-order valence-electron chi connectivity index (χ0n) is 16.1. The molecule has 1 aliphatic rings. The highest BCUT2D eigenvalue weighted by Gasteiger charge is 2.37. The van der Waals surface area contributed by atoms with E-state index >= 15 is 0 Å². The Morgan fingerprint density at radius 3 is 2.71 bits per heavy atom. The van der Waals surface area contributed by atoms with E-state index in [1.165, 1.54) is 11.3 Å². The number of ether oxygens (including phenoxy) is 1. The van der Waals surface area contributed by atoms with Gasteiger partial charge in [0.1, 0.15) is 11.8 Å². The van der Waals surface area contributed by atoms with Gasteiger partial charge in [-0.15, -0.1) is 0 Å². The van der Waals surface area contributed by atoms with E-state index in [9.17, 15) is 4.79 Å². The van der Waals surface area contributed by atoms with E-state index in [1.807, 2.05) is 31.3 Å². The van der Waals surface area contributed by atoms with Gasteiger partial charge in [-0.2, -0.15) is 10.4 Å². The fourth-order valence-corrected chi connectivity index (χ4v) is 3.38. The molecule has 28 heavy (non-hydrogen) atoms. The normalized spacial score (nSPS) is 16.1. The van der Waals surface area contributed by atoms with Crippen molar-refractivity contribution in [2.45, 2.75) is 19.3 Å². The van der Waals surface area contributed by atoms with Gasteiger partial charge in [0.15, 0.2) is 6.61 Å². The number of amides is 1. The highest BCUT2D eigenvalue weighted by molar-refractivity contribution is 5.82. The minimum atomic E-state index is -0.398. The molecule has 0 saturated carbocycles. The lowest BCUT2D eigenvalue weighted by molar-refractivity contribution is -0.123. The molecule has 1 amide bonds. The second-order valence-corrected chi connectivity index (χ2v) is 6.96. The highest BCUT2D eigenvalue weighted by Crippen LogP contribution is 2.46. The predicted octanol–water partition coefficient (Wildman–Crippen LogP) is 3.35. The van der Waals surface area contributed by atoms with Crippen LogP contribution in [0.1, 0.15) is 25.0 Å². The summed E-state index contributed by atoms with van der Waals surface area (Å²) in [6, 6.07) is 17.1. The fraction of sp³-hybridized carbons (Fsp3) is 0.227. The molecule has 1 aliphatic heterocycles. The van der Waals surface area contributed by atoms with E-state index < -0.39 is 5.91 Å². The summed E-state index contributed by atoms with van der Waals surface area (Å²) in [5.41, 5.74) is 6.19. The van der Waals surface area contributed by atoms with Gasteiger partial charge in [0.2, 0.25) is 0 Å². The summed E-state index contributed by atoms with van der Waals surface area (Å²) >= 11 is 0. The number of para-hydroxylation sites is 2. The van der Waals surface area contributed by atoms with Crippen molar-refractivity contribution in [3.05, 3.63) is 71.4 Å². The van der Waals surface area contributed by atoms with Crippen LogP contribution in [0.2, 0.25) is 0 Å². The van der Waals surface area contributed by atoms with Gasteiger partial charge in [-0.3, -0.25) is 4.79 Å². The first-order valence-electron chi connectivity index (χ1n) is 8.93. The lowest BCUT2D eigenvalue weighted by Crippen LogP contribution is -2.25. The average Bonchev–Trinajstić information content (AvgIpc) is 2.90. The molecule has 0 fully saturated rings. The number of fused-ring (bicyclic) bond motifs is 1. The molecule has 0 saturated heterocycles. The van der Waals surface area contributed by atoms with Crippen LogP contribution in [0.3, 0.4) is 0 Å². The number of benzene rings is 2. The zero-order valence-corrected chi connectivity index (χ0v) is 16.1. The third-order valence-corrected chi connectivity index (χ3v) is 4.80. The van der Waals surface area contributed by atoms with Gasteiger partial charge in [-0.1, -0.05) is 44.2 Å². The van der Waals surface area contributed by atoms with E-state index in [2.05, 4.69) is 41.4 Å². The van der Waals surface area contributed by atoms with Crippen LogP contribution in [-0.4, -0.2) is 25.8 Å². The van der Waals surface area contributed by atoms with Crippen molar-refractivity contribution in [1.29, 1.82) is 5.26 Å². The summed E-state index contributed by atoms with van der Waals surface area (Å²) in [6.07, 6.45) is 3.46. The highest BCUT2D eigenvalue weighted by atomic mass is 16.5. The SMILES string of the molecule is CN1/C(=C\C=N\NC(=O)COc2ccccc2C#N)C(C)(C)c2ccccc21. The summed E-state index contributed by atoms with van der Waals surface area (Å²) in [5, 5.41) is 13.0. The Balaban J connectivity index is 1.59. The molecule has 0 atom stereocenters. The molecule has 0 aromatic heterocycles. The molecule has 3 rings (SSSR count). The van der Waals surface area contributed by atoms with Crippen LogP contribution >= 0.6 is 0 Å². The summed E-state index contributed by atoms with van der Waals surface area (Å²) < 4.78 is 5.38. The monoisotopic (exact) mass is 374 g/mol. The van der Waals surface area contributed by atoms with E-state index in [4.69, 9.17) is 10.00 Å². The van der Waals surface area contributed by atoms with Crippen molar-refractivity contribution in [3.8, 4) is 11.8 Å². The quantitative estimate of drug-likeness (QED) is 0.643. The van der Waals surface area contributed by atoms with Crippen LogP contribution < -0.4 is 15.1 Å². The maximum absolute atomic E-state index is 11.9. The van der Waals surface area contributed by atoms with Crippen LogP contribution in [0.25, 0.3) is 0 Å². The molecule has 1 N–H and O–H groups in total. The number of nitriles is 1. The molecule has 6 heteroatoms. The van der Waals surface area contributed by atoms with Crippen molar-refractivity contribution in [3.63, 3.8) is 0 Å². The Morgan fingerprint density at radius 1 is 1.25 bits per heavy atom. The summed E-state index contributed by atoms with van der Waals surface area (Å²) in [5.74, 6) is -0.0249. The van der Waals surface area contributed by atoms with Crippen molar-refractivity contribution in [1.82, 2.24) is 5.43 Å². The molecule has 2 aromatic carbocycles. The maximum atomic E-state index is 11.9. The molecule has 1 heterocycles. The lowest BCUT2D eigenvalue weighted by Gasteiger charge is -2.23. The van der Waals surface area contributed by atoms with Crippen LogP contribution in [0.15, 0.2) is 65.4 Å². The van der Waals surface area contributed by atoms with E-state index in [1.54, 1.807) is 30.5 Å². The first-order valence-corrected chi connectivity index (χ1v) is 8.93. The number of carbonyl (C=O) groups is 1. The second kappa shape index (κ2) is 7.97. The van der Waals surface area contributed by atoms with Crippen LogP contribution in [0.5, 0.6) is 5.75 Å². The largest absolute Gasteiger partial charge is 0.482 e. The van der Waals surface area contributed by atoms with Crippen molar-refractivity contribution < 1.29 is 9.53 Å². The molecule has 0 spiro atoms. The molecular weight excluding hydrogens is 352 g/mol. The minimum absolute atomic E-state index is 0.147. The van der Waals surface area contributed by atoms with Gasteiger partial charge in [0.25, 0.3) is 5.91 Å². The third kappa shape index (κ3) is 3.74. The lowest BCUT2D eigenvalue weighted by atomic mass is 9.84. The summed E-state index contributed by atoms with van der Waals surface area (Å²) in [6.45, 7) is 4.10. The first kappa shape index (κ1) is 19.2. The Kier molecular flexibility index (Phi) is 5.46. The number of anilines is 1. The molecule has 142 valence electrons. The number of hydrazone groups is 1. The van der Waals surface area contributed by atoms with E-state index in [-0.39, 0.29) is 12.0 Å². The zero-order chi connectivity index (χ0) is 20.1. The van der Waals surface area contributed by atoms with Crippen LogP contribution in [0.4, 0.5) is 5.69 Å². The number of rotatable bonds is 5. The van der Waals surface area contributed by atoms with E-state index in [0.717, 1.165) is 5.70 Å². The molecular formula is C22H22N4O2. The smallest absolute Gasteiger partial charge is 0.277 e. The predicted molar refractivity (Wildman–Crippen MR) is 109 cm³/mol. The number of allylic oxidation sites excluding steroid dienone is 2. The Hall–Kier alpha value is -3.59. The van der Waals surface area contributed by atoms with Crippen molar-refractivity contribution >= 4 is 17.8 Å². The van der Waals surface area contributed by atoms with Gasteiger partial charge in [-0.25, -0.2) is 5.43 Å². The molecule has 0 radical (unpaired) electrons. The van der Waals surface area contributed by atoms with E-state index in [0.29, 0.717) is 11.3 Å². The van der Waals surface area contributed by atoms with Crippen molar-refractivity contribution in [2.75, 3.05) is 18.6 Å². The topological polar surface area (TPSA) is 77.7 Å². The fourth-order valence-electron chi connectivity index (χ4n) is 3.38. The third-order valence-electron chi connectivity index (χ3n) is 4.80. The summed E-state index contributed by atoms with van der Waals surface area (Å²) in [4.78, 5) is 14.0. The number of nitrogens with zero attached hydrogens (tertiary/aromatic N) is 3. The molecule has 0 aliphatic carbocycles.